The Balaban J connectivity index is 3.25. The normalized spacial score (nSPS) is 9.50. The van der Waals surface area contributed by atoms with Crippen molar-refractivity contribution in [1.82, 2.24) is 0 Å². The van der Waals surface area contributed by atoms with E-state index < -0.39 is 5.91 Å². The van der Waals surface area contributed by atoms with Gasteiger partial charge in [0.25, 0.3) is 0 Å². The Morgan fingerprint density at radius 1 is 1.12 bits per heavy atom. The van der Waals surface area contributed by atoms with Crippen LogP contribution in [-0.2, 0) is 4.79 Å². The highest BCUT2D eigenvalue weighted by Crippen LogP contribution is 2.38. The minimum atomic E-state index is -0.443. The SMILES string of the molecule is [CH2]C(=O)Nc1c(OC)cc(OC)cc1OC. The number of hydrogen-bond donors (Lipinski definition) is 1. The molecule has 0 heterocycles. The molecule has 16 heavy (non-hydrogen) atoms. The van der Waals surface area contributed by atoms with Gasteiger partial charge in [-0.05, 0) is 0 Å². The van der Waals surface area contributed by atoms with Crippen molar-refractivity contribution in [3.8, 4) is 17.2 Å². The third-order valence-corrected chi connectivity index (χ3v) is 1.98. The van der Waals surface area contributed by atoms with Gasteiger partial charge in [-0.25, -0.2) is 0 Å². The summed E-state index contributed by atoms with van der Waals surface area (Å²) in [5, 5.41) is 2.54. The van der Waals surface area contributed by atoms with Gasteiger partial charge in [0, 0.05) is 19.1 Å². The van der Waals surface area contributed by atoms with Crippen LogP contribution in [-0.4, -0.2) is 27.2 Å². The summed E-state index contributed by atoms with van der Waals surface area (Å²) in [7, 11) is 4.52. The second-order valence-corrected chi connectivity index (χ2v) is 2.96. The largest absolute Gasteiger partial charge is 0.496 e. The summed E-state index contributed by atoms with van der Waals surface area (Å²) in [4.78, 5) is 10.9. The van der Waals surface area contributed by atoms with Crippen molar-refractivity contribution in [3.63, 3.8) is 0 Å². The number of carbonyl (C=O) groups is 1. The van der Waals surface area contributed by atoms with Crippen LogP contribution in [0.2, 0.25) is 0 Å². The Morgan fingerprint density at radius 2 is 1.62 bits per heavy atom. The molecule has 1 aromatic carbocycles. The highest BCUT2D eigenvalue weighted by Gasteiger charge is 2.13. The number of nitrogens with one attached hydrogen (secondary N) is 1. The van der Waals surface area contributed by atoms with E-state index in [1.54, 1.807) is 12.1 Å². The molecule has 1 N–H and O–H groups in total. The van der Waals surface area contributed by atoms with Crippen LogP contribution in [0.15, 0.2) is 12.1 Å². The van der Waals surface area contributed by atoms with Gasteiger partial charge >= 0.3 is 0 Å². The summed E-state index contributed by atoms with van der Waals surface area (Å²) in [6.45, 7) is 3.23. The molecule has 1 aromatic rings. The molecule has 0 spiro atoms. The fraction of sp³-hybridized carbons (Fsp3) is 0.273. The first-order chi connectivity index (χ1) is 7.62. The molecule has 87 valence electrons. The highest BCUT2D eigenvalue weighted by atomic mass is 16.5. The lowest BCUT2D eigenvalue weighted by molar-refractivity contribution is -0.112. The van der Waals surface area contributed by atoms with Crippen molar-refractivity contribution in [2.45, 2.75) is 0 Å². The van der Waals surface area contributed by atoms with E-state index in [4.69, 9.17) is 14.2 Å². The van der Waals surface area contributed by atoms with E-state index in [-0.39, 0.29) is 0 Å². The van der Waals surface area contributed by atoms with Gasteiger partial charge in [-0.15, -0.1) is 0 Å². The first-order valence-electron chi connectivity index (χ1n) is 4.55. The molecule has 0 aliphatic rings. The molecule has 0 bridgehead atoms. The minimum Gasteiger partial charge on any atom is -0.496 e. The fourth-order valence-electron chi connectivity index (χ4n) is 1.27. The standard InChI is InChI=1S/C11H14NO4/c1-7(13)12-11-9(15-3)5-8(14-2)6-10(11)16-4/h5-6H,1H2,2-4H3,(H,12,13). The van der Waals surface area contributed by atoms with Gasteiger partial charge in [-0.2, -0.15) is 0 Å². The summed E-state index contributed by atoms with van der Waals surface area (Å²) in [5.74, 6) is 1.04. The van der Waals surface area contributed by atoms with Gasteiger partial charge in [0.15, 0.2) is 0 Å². The zero-order chi connectivity index (χ0) is 12.1. The number of benzene rings is 1. The van der Waals surface area contributed by atoms with E-state index in [1.807, 2.05) is 0 Å². The van der Waals surface area contributed by atoms with Crippen molar-refractivity contribution in [1.29, 1.82) is 0 Å². The predicted molar refractivity (Wildman–Crippen MR) is 60.1 cm³/mol. The van der Waals surface area contributed by atoms with Crippen LogP contribution >= 0.6 is 0 Å². The fourth-order valence-corrected chi connectivity index (χ4v) is 1.27. The third kappa shape index (κ3) is 2.56. The van der Waals surface area contributed by atoms with Gasteiger partial charge < -0.3 is 19.5 Å². The van der Waals surface area contributed by atoms with E-state index in [0.29, 0.717) is 22.9 Å². The second kappa shape index (κ2) is 5.25. The van der Waals surface area contributed by atoms with Crippen LogP contribution in [0.1, 0.15) is 0 Å². The summed E-state index contributed by atoms with van der Waals surface area (Å²) >= 11 is 0. The Labute approximate surface area is 94.3 Å². The quantitative estimate of drug-likeness (QED) is 0.841. The maximum absolute atomic E-state index is 10.9. The van der Waals surface area contributed by atoms with Crippen LogP contribution in [0.25, 0.3) is 0 Å². The lowest BCUT2D eigenvalue weighted by Crippen LogP contribution is -2.09. The predicted octanol–water partition coefficient (Wildman–Crippen LogP) is 1.48. The Kier molecular flexibility index (Phi) is 3.99. The summed E-state index contributed by atoms with van der Waals surface area (Å²) in [5.41, 5.74) is 0.436. The molecule has 5 heteroatoms. The van der Waals surface area contributed by atoms with Crippen LogP contribution in [0.4, 0.5) is 5.69 Å². The number of carbonyl (C=O) groups excluding carboxylic acids is 1. The highest BCUT2D eigenvalue weighted by molar-refractivity contribution is 5.97. The van der Waals surface area contributed by atoms with Crippen LogP contribution in [0.3, 0.4) is 0 Å². The first kappa shape index (κ1) is 12.2. The van der Waals surface area contributed by atoms with E-state index >= 15 is 0 Å². The number of rotatable bonds is 4. The molecule has 1 radical (unpaired) electrons. The van der Waals surface area contributed by atoms with Crippen LogP contribution in [0, 0.1) is 6.92 Å². The van der Waals surface area contributed by atoms with E-state index in [9.17, 15) is 4.79 Å². The van der Waals surface area contributed by atoms with Crippen molar-refractivity contribution < 1.29 is 19.0 Å². The van der Waals surface area contributed by atoms with Gasteiger partial charge in [0.2, 0.25) is 5.91 Å². The molecule has 0 aliphatic heterocycles. The molecule has 0 aliphatic carbocycles. The number of amides is 1. The van der Waals surface area contributed by atoms with E-state index in [0.717, 1.165) is 0 Å². The smallest absolute Gasteiger partial charge is 0.225 e. The number of anilines is 1. The lowest BCUT2D eigenvalue weighted by Gasteiger charge is -2.14. The van der Waals surface area contributed by atoms with Crippen LogP contribution in [0.5, 0.6) is 17.2 Å². The summed E-state index contributed by atoms with van der Waals surface area (Å²) in [6.07, 6.45) is 0. The van der Waals surface area contributed by atoms with Crippen molar-refractivity contribution in [2.75, 3.05) is 26.6 Å². The van der Waals surface area contributed by atoms with Gasteiger partial charge in [-0.1, -0.05) is 0 Å². The maximum atomic E-state index is 10.9. The van der Waals surface area contributed by atoms with Gasteiger partial charge in [0.05, 0.1) is 21.3 Å². The van der Waals surface area contributed by atoms with Gasteiger partial charge in [0.1, 0.15) is 22.9 Å². The zero-order valence-corrected chi connectivity index (χ0v) is 9.49. The molecule has 1 amide bonds. The first-order valence-corrected chi connectivity index (χ1v) is 4.55. The Morgan fingerprint density at radius 3 is 1.94 bits per heavy atom. The Bertz CT molecular complexity index is 365. The summed E-state index contributed by atoms with van der Waals surface area (Å²) < 4.78 is 15.3. The molecule has 0 atom stereocenters. The summed E-state index contributed by atoms with van der Waals surface area (Å²) in [6, 6.07) is 3.29. The van der Waals surface area contributed by atoms with Crippen LogP contribution < -0.4 is 19.5 Å². The van der Waals surface area contributed by atoms with Gasteiger partial charge in [-0.3, -0.25) is 4.79 Å². The second-order valence-electron chi connectivity index (χ2n) is 2.96. The average Bonchev–Trinajstić information content (AvgIpc) is 2.28. The zero-order valence-electron chi connectivity index (χ0n) is 9.49. The van der Waals surface area contributed by atoms with Crippen molar-refractivity contribution in [2.24, 2.45) is 0 Å². The third-order valence-electron chi connectivity index (χ3n) is 1.98. The molecular formula is C11H14NO4. The molecule has 0 saturated carbocycles. The van der Waals surface area contributed by atoms with E-state index in [1.165, 1.54) is 21.3 Å². The van der Waals surface area contributed by atoms with E-state index in [2.05, 4.69) is 12.2 Å². The topological polar surface area (TPSA) is 56.8 Å². The molecule has 0 aromatic heterocycles. The molecule has 0 fully saturated rings. The van der Waals surface area contributed by atoms with Crippen molar-refractivity contribution >= 4 is 11.6 Å². The molecule has 1 rings (SSSR count). The molecular weight excluding hydrogens is 210 g/mol. The lowest BCUT2D eigenvalue weighted by atomic mass is 10.2. The number of ether oxygens (including phenoxy) is 3. The Hall–Kier alpha value is -1.91. The van der Waals surface area contributed by atoms with Crippen molar-refractivity contribution in [3.05, 3.63) is 19.1 Å². The monoisotopic (exact) mass is 224 g/mol. The molecule has 0 unspecified atom stereocenters. The molecule has 0 saturated heterocycles. The minimum absolute atomic E-state index is 0.436. The molecule has 5 nitrogen and oxygen atoms in total. The number of hydrogen-bond acceptors (Lipinski definition) is 4. The maximum Gasteiger partial charge on any atom is 0.225 e. The average molecular weight is 224 g/mol. The number of methoxy groups -OCH3 is 3.